The fourth-order valence-corrected chi connectivity index (χ4v) is 0.224. The minimum Gasteiger partial charge on any atom is -0.260 e. The summed E-state index contributed by atoms with van der Waals surface area (Å²) in [4.78, 5) is 9.85. The number of rotatable bonds is 2. The Kier molecular flexibility index (Phi) is 3.50. The lowest BCUT2D eigenvalue weighted by Gasteiger charge is -1.84. The maximum atomic E-state index is 9.85. The van der Waals surface area contributed by atoms with Gasteiger partial charge in [0.1, 0.15) is 0 Å². The Labute approximate surface area is 48.0 Å². The fourth-order valence-electron chi connectivity index (χ4n) is 0.143. The van der Waals surface area contributed by atoms with E-state index < -0.39 is 5.24 Å². The first-order valence-corrected chi connectivity index (χ1v) is 2.23. The minimum absolute atomic E-state index is 0.363. The largest absolute Gasteiger partial charge is 0.297 e. The number of hydrogen-bond acceptors (Lipinski definition) is 1. The van der Waals surface area contributed by atoms with Crippen molar-refractivity contribution in [2.45, 2.75) is 0 Å². The van der Waals surface area contributed by atoms with Crippen molar-refractivity contribution >= 4 is 17.9 Å². The molecule has 39 valence electrons. The van der Waals surface area contributed by atoms with Crippen molar-refractivity contribution in [1.29, 1.82) is 0 Å². The molecule has 0 saturated carbocycles. The molecule has 1 radical (unpaired) electrons. The Morgan fingerprint density at radius 1 is 2.00 bits per heavy atom. The van der Waals surface area contributed by atoms with Gasteiger partial charge in [0.05, 0.1) is 6.54 Å². The first-order valence-electron chi connectivity index (χ1n) is 1.78. The highest BCUT2D eigenvalue weighted by atomic mass is 32.1. The third-order valence-corrected chi connectivity index (χ3v) is 0.497. The van der Waals surface area contributed by atoms with Crippen molar-refractivity contribution in [3.8, 4) is 0 Å². The molecule has 3 heteroatoms. The zero-order chi connectivity index (χ0) is 5.70. The first-order chi connectivity index (χ1) is 3.27. The molecule has 0 N–H and O–H groups in total. The molecule has 0 aliphatic heterocycles. The minimum atomic E-state index is -0.445. The Morgan fingerprint density at radius 2 is 2.57 bits per heavy atom. The third-order valence-electron chi connectivity index (χ3n) is 0.356. The van der Waals surface area contributed by atoms with Crippen LogP contribution in [0.15, 0.2) is 12.7 Å². The molecule has 0 rings (SSSR count). The van der Waals surface area contributed by atoms with Crippen molar-refractivity contribution < 1.29 is 4.79 Å². The Morgan fingerprint density at radius 3 is 2.71 bits per heavy atom. The van der Waals surface area contributed by atoms with Gasteiger partial charge in [0.25, 0.3) is 5.24 Å². The second-order valence-corrected chi connectivity index (χ2v) is 1.29. The zero-order valence-corrected chi connectivity index (χ0v) is 4.69. The van der Waals surface area contributed by atoms with Crippen LogP contribution < -0.4 is 5.32 Å². The summed E-state index contributed by atoms with van der Waals surface area (Å²) in [5, 5.41) is 2.91. The van der Waals surface area contributed by atoms with Crippen LogP contribution in [0.3, 0.4) is 0 Å². The summed E-state index contributed by atoms with van der Waals surface area (Å²) < 4.78 is 0. The van der Waals surface area contributed by atoms with Gasteiger partial charge >= 0.3 is 0 Å². The van der Waals surface area contributed by atoms with E-state index in [0.717, 1.165) is 0 Å². The fraction of sp³-hybridized carbons (Fsp3) is 0.250. The van der Waals surface area contributed by atoms with Crippen molar-refractivity contribution in [3.05, 3.63) is 12.7 Å². The molecular formula is C4H6NOS. The van der Waals surface area contributed by atoms with Crippen molar-refractivity contribution in [3.63, 3.8) is 0 Å². The van der Waals surface area contributed by atoms with Crippen LogP contribution in [0.2, 0.25) is 0 Å². The van der Waals surface area contributed by atoms with E-state index in [-0.39, 0.29) is 0 Å². The number of thiol groups is 1. The predicted molar refractivity (Wildman–Crippen MR) is 31.6 cm³/mol. The highest BCUT2D eigenvalue weighted by Crippen LogP contribution is 1.75. The molecule has 7 heavy (non-hydrogen) atoms. The van der Waals surface area contributed by atoms with Crippen LogP contribution in [0.4, 0.5) is 4.79 Å². The highest BCUT2D eigenvalue weighted by Gasteiger charge is 1.85. The van der Waals surface area contributed by atoms with E-state index in [4.69, 9.17) is 0 Å². The highest BCUT2D eigenvalue weighted by molar-refractivity contribution is 7.96. The van der Waals surface area contributed by atoms with E-state index >= 15 is 0 Å². The van der Waals surface area contributed by atoms with Gasteiger partial charge in [0, 0.05) is 0 Å². The second-order valence-electron chi connectivity index (χ2n) is 0.912. The average molecular weight is 116 g/mol. The SMILES string of the molecule is C=CC[N]C(=O)S. The lowest BCUT2D eigenvalue weighted by molar-refractivity contribution is 0.261. The standard InChI is InChI=1S/C4H6NOS/c1-2-3-5-4(6)7/h2H,1,3H2,(H,6,7). The van der Waals surface area contributed by atoms with Gasteiger partial charge in [-0.15, -0.1) is 6.58 Å². The molecule has 2 nitrogen and oxygen atoms in total. The van der Waals surface area contributed by atoms with E-state index in [9.17, 15) is 4.79 Å². The van der Waals surface area contributed by atoms with Gasteiger partial charge in [-0.25, -0.2) is 5.32 Å². The third kappa shape index (κ3) is 5.56. The first kappa shape index (κ1) is 6.56. The number of hydrogen-bond donors (Lipinski definition) is 1. The molecule has 0 atom stereocenters. The maximum absolute atomic E-state index is 9.85. The van der Waals surface area contributed by atoms with E-state index in [1.54, 1.807) is 0 Å². The molecule has 0 unspecified atom stereocenters. The quantitative estimate of drug-likeness (QED) is 0.420. The summed E-state index contributed by atoms with van der Waals surface area (Å²) in [7, 11) is 0. The molecule has 1 amide bonds. The lowest BCUT2D eigenvalue weighted by atomic mass is 10.6. The van der Waals surface area contributed by atoms with Crippen molar-refractivity contribution in [2.75, 3.05) is 6.54 Å². The van der Waals surface area contributed by atoms with Crippen molar-refractivity contribution in [2.24, 2.45) is 0 Å². The molecule has 0 bridgehead atoms. The molecule has 0 saturated heterocycles. The Balaban J connectivity index is 2.97. The molecule has 0 fully saturated rings. The molecule has 0 aliphatic rings. The average Bonchev–Trinajstić information content (AvgIpc) is 1.61. The van der Waals surface area contributed by atoms with Crippen molar-refractivity contribution in [1.82, 2.24) is 5.32 Å². The van der Waals surface area contributed by atoms with Crippen LogP contribution in [-0.4, -0.2) is 11.8 Å². The van der Waals surface area contributed by atoms with Crippen LogP contribution in [0, 0.1) is 0 Å². The number of amides is 1. The summed E-state index contributed by atoms with van der Waals surface area (Å²) >= 11 is 3.38. The molecule has 0 aromatic carbocycles. The molecule has 0 aromatic heterocycles. The number of carbonyl (C=O) groups is 1. The lowest BCUT2D eigenvalue weighted by Crippen LogP contribution is -2.05. The summed E-state index contributed by atoms with van der Waals surface area (Å²) in [6, 6.07) is 0. The van der Waals surface area contributed by atoms with Gasteiger partial charge in [-0.2, -0.15) is 0 Å². The predicted octanol–water partition coefficient (Wildman–Crippen LogP) is 0.827. The molecule has 0 heterocycles. The van der Waals surface area contributed by atoms with E-state index in [2.05, 4.69) is 24.5 Å². The maximum Gasteiger partial charge on any atom is 0.297 e. The topological polar surface area (TPSA) is 31.2 Å². The van der Waals surface area contributed by atoms with Gasteiger partial charge in [-0.05, 0) is 0 Å². The van der Waals surface area contributed by atoms with E-state index in [1.807, 2.05) is 0 Å². The monoisotopic (exact) mass is 116 g/mol. The normalized spacial score (nSPS) is 7.57. The summed E-state index contributed by atoms with van der Waals surface area (Å²) in [5.74, 6) is 0. The van der Waals surface area contributed by atoms with E-state index in [1.165, 1.54) is 6.08 Å². The van der Waals surface area contributed by atoms with Crippen LogP contribution in [0.1, 0.15) is 0 Å². The summed E-state index contributed by atoms with van der Waals surface area (Å²) in [5.41, 5.74) is 0. The summed E-state index contributed by atoms with van der Waals surface area (Å²) in [6.45, 7) is 3.72. The van der Waals surface area contributed by atoms with Gasteiger partial charge in [-0.1, -0.05) is 18.7 Å². The van der Waals surface area contributed by atoms with Crippen LogP contribution in [0.25, 0.3) is 0 Å². The van der Waals surface area contributed by atoms with E-state index in [0.29, 0.717) is 6.54 Å². The Bertz CT molecular complexity index is 81.8. The van der Waals surface area contributed by atoms with Crippen LogP contribution in [0.5, 0.6) is 0 Å². The van der Waals surface area contributed by atoms with Gasteiger partial charge < -0.3 is 0 Å². The smallest absolute Gasteiger partial charge is 0.260 e. The van der Waals surface area contributed by atoms with Gasteiger partial charge in [0.15, 0.2) is 0 Å². The summed E-state index contributed by atoms with van der Waals surface area (Å²) in [6.07, 6.45) is 1.54. The number of carbonyl (C=O) groups excluding carboxylic acids is 1. The zero-order valence-electron chi connectivity index (χ0n) is 3.79. The molecule has 0 aromatic rings. The molecule has 0 spiro atoms. The molecular weight excluding hydrogens is 110 g/mol. The Hall–Kier alpha value is -0.440. The van der Waals surface area contributed by atoms with Crippen LogP contribution in [-0.2, 0) is 0 Å². The molecule has 0 aliphatic carbocycles. The van der Waals surface area contributed by atoms with Gasteiger partial charge in [-0.3, -0.25) is 4.79 Å². The van der Waals surface area contributed by atoms with Crippen LogP contribution >= 0.6 is 12.6 Å². The second kappa shape index (κ2) is 3.74. The number of nitrogens with zero attached hydrogens (tertiary/aromatic N) is 1. The van der Waals surface area contributed by atoms with Gasteiger partial charge in [0.2, 0.25) is 0 Å².